The van der Waals surface area contributed by atoms with E-state index >= 15 is 0 Å². The second kappa shape index (κ2) is 6.60. The summed E-state index contributed by atoms with van der Waals surface area (Å²) in [4.78, 5) is 1.18. The maximum absolute atomic E-state index is 12.5. The Labute approximate surface area is 130 Å². The van der Waals surface area contributed by atoms with E-state index in [2.05, 4.69) is 10.0 Å². The average molecular weight is 324 g/mol. The van der Waals surface area contributed by atoms with Crippen LogP contribution in [0.5, 0.6) is 0 Å². The molecule has 0 spiro atoms. The summed E-state index contributed by atoms with van der Waals surface area (Å²) in [5.74, 6) is 0. The van der Waals surface area contributed by atoms with E-state index in [1.165, 1.54) is 11.3 Å². The number of rotatable bonds is 6. The molecular formula is C15H20N2O2S2. The Kier molecular flexibility index (Phi) is 5.03. The van der Waals surface area contributed by atoms with Crippen LogP contribution in [0.1, 0.15) is 22.9 Å². The fraction of sp³-hybridized carbons (Fsp3) is 0.333. The van der Waals surface area contributed by atoms with E-state index in [-0.39, 0.29) is 0 Å². The van der Waals surface area contributed by atoms with Gasteiger partial charge in [-0.25, -0.2) is 8.42 Å². The van der Waals surface area contributed by atoms with E-state index in [1.807, 2.05) is 38.3 Å². The molecule has 1 aromatic heterocycles. The summed E-state index contributed by atoms with van der Waals surface area (Å²) in [5, 5.41) is 4.97. The minimum atomic E-state index is -3.54. The van der Waals surface area contributed by atoms with E-state index in [0.717, 1.165) is 22.5 Å². The van der Waals surface area contributed by atoms with Crippen LogP contribution in [0.25, 0.3) is 0 Å². The van der Waals surface area contributed by atoms with Gasteiger partial charge in [0.15, 0.2) is 0 Å². The molecule has 0 aliphatic heterocycles. The van der Waals surface area contributed by atoms with Crippen LogP contribution in [0.15, 0.2) is 34.5 Å². The monoisotopic (exact) mass is 324 g/mol. The highest BCUT2D eigenvalue weighted by atomic mass is 32.2. The van der Waals surface area contributed by atoms with Gasteiger partial charge in [0, 0.05) is 17.1 Å². The summed E-state index contributed by atoms with van der Waals surface area (Å²) in [5.41, 5.74) is 2.80. The van der Waals surface area contributed by atoms with Gasteiger partial charge in [-0.1, -0.05) is 13.0 Å². The molecule has 2 N–H and O–H groups in total. The van der Waals surface area contributed by atoms with Crippen molar-refractivity contribution in [3.63, 3.8) is 0 Å². The number of anilines is 1. The van der Waals surface area contributed by atoms with Crippen LogP contribution in [0, 0.1) is 13.8 Å². The van der Waals surface area contributed by atoms with Crippen molar-refractivity contribution >= 4 is 27.0 Å². The van der Waals surface area contributed by atoms with Gasteiger partial charge >= 0.3 is 0 Å². The number of thiophene rings is 1. The molecule has 0 fully saturated rings. The number of nitrogens with one attached hydrogen (secondary N) is 2. The molecule has 4 nitrogen and oxygen atoms in total. The third kappa shape index (κ3) is 3.84. The molecular weight excluding hydrogens is 304 g/mol. The second-order valence-corrected chi connectivity index (χ2v) is 7.54. The predicted octanol–water partition coefficient (Wildman–Crippen LogP) is 3.28. The minimum absolute atomic E-state index is 0.353. The van der Waals surface area contributed by atoms with E-state index < -0.39 is 10.0 Å². The average Bonchev–Trinajstić information content (AvgIpc) is 2.89. The second-order valence-electron chi connectivity index (χ2n) is 4.89. The molecule has 0 unspecified atom stereocenters. The molecule has 0 radical (unpaired) electrons. The SMILES string of the molecule is CCNCc1sccc1S(=O)(=O)Nc1ccc(C)c(C)c1. The lowest BCUT2D eigenvalue weighted by molar-refractivity contribution is 0.599. The highest BCUT2D eigenvalue weighted by Gasteiger charge is 2.19. The van der Waals surface area contributed by atoms with Crippen LogP contribution < -0.4 is 10.0 Å². The van der Waals surface area contributed by atoms with Crippen molar-refractivity contribution < 1.29 is 8.42 Å². The topological polar surface area (TPSA) is 58.2 Å². The number of hydrogen-bond donors (Lipinski definition) is 2. The molecule has 0 bridgehead atoms. The maximum Gasteiger partial charge on any atom is 0.263 e. The van der Waals surface area contributed by atoms with Crippen molar-refractivity contribution in [1.82, 2.24) is 5.32 Å². The zero-order chi connectivity index (χ0) is 15.5. The Hall–Kier alpha value is -1.37. The molecule has 0 saturated carbocycles. The highest BCUT2D eigenvalue weighted by molar-refractivity contribution is 7.93. The molecule has 1 aromatic carbocycles. The molecule has 21 heavy (non-hydrogen) atoms. The number of sulfonamides is 1. The van der Waals surface area contributed by atoms with Crippen molar-refractivity contribution in [1.29, 1.82) is 0 Å². The van der Waals surface area contributed by atoms with Crippen LogP contribution in [0.4, 0.5) is 5.69 Å². The molecule has 6 heteroatoms. The molecule has 0 saturated heterocycles. The van der Waals surface area contributed by atoms with Gasteiger partial charge in [-0.3, -0.25) is 4.72 Å². The smallest absolute Gasteiger partial charge is 0.263 e. The van der Waals surface area contributed by atoms with Gasteiger partial charge in [0.1, 0.15) is 4.90 Å². The summed E-state index contributed by atoms with van der Waals surface area (Å²) in [6.45, 7) is 7.34. The van der Waals surface area contributed by atoms with Crippen molar-refractivity contribution in [2.24, 2.45) is 0 Å². The van der Waals surface area contributed by atoms with E-state index in [0.29, 0.717) is 17.1 Å². The van der Waals surface area contributed by atoms with Crippen molar-refractivity contribution in [3.8, 4) is 0 Å². The van der Waals surface area contributed by atoms with Gasteiger partial charge in [0.25, 0.3) is 10.0 Å². The van der Waals surface area contributed by atoms with Crippen LogP contribution in [0.2, 0.25) is 0 Å². The standard InChI is InChI=1S/C15H20N2O2S2/c1-4-16-10-14-15(7-8-20-14)21(18,19)17-13-6-5-11(2)12(3)9-13/h5-9,16-17H,4,10H2,1-3H3. The Balaban J connectivity index is 2.26. The zero-order valence-electron chi connectivity index (χ0n) is 12.4. The molecule has 0 atom stereocenters. The Bertz CT molecular complexity index is 721. The van der Waals surface area contributed by atoms with Gasteiger partial charge in [0.2, 0.25) is 0 Å². The molecule has 1 heterocycles. The van der Waals surface area contributed by atoms with Crippen LogP contribution in [-0.4, -0.2) is 15.0 Å². The summed E-state index contributed by atoms with van der Waals surface area (Å²) in [6.07, 6.45) is 0. The first-order valence-corrected chi connectivity index (χ1v) is 9.17. The molecule has 0 amide bonds. The summed E-state index contributed by atoms with van der Waals surface area (Å²) < 4.78 is 27.7. The fourth-order valence-corrected chi connectivity index (χ4v) is 4.41. The van der Waals surface area contributed by atoms with Crippen LogP contribution in [-0.2, 0) is 16.6 Å². The fourth-order valence-electron chi connectivity index (χ4n) is 1.95. The van der Waals surface area contributed by atoms with E-state index in [9.17, 15) is 8.42 Å². The van der Waals surface area contributed by atoms with Gasteiger partial charge in [0.05, 0.1) is 0 Å². The van der Waals surface area contributed by atoms with Gasteiger partial charge in [-0.15, -0.1) is 11.3 Å². The van der Waals surface area contributed by atoms with Crippen molar-refractivity contribution in [3.05, 3.63) is 45.6 Å². The number of aryl methyl sites for hydroxylation is 2. The Morgan fingerprint density at radius 3 is 2.57 bits per heavy atom. The lowest BCUT2D eigenvalue weighted by Gasteiger charge is -2.10. The van der Waals surface area contributed by atoms with E-state index in [1.54, 1.807) is 12.1 Å². The largest absolute Gasteiger partial charge is 0.312 e. The number of benzene rings is 1. The lowest BCUT2D eigenvalue weighted by atomic mass is 10.1. The summed E-state index contributed by atoms with van der Waals surface area (Å²) in [6, 6.07) is 7.21. The lowest BCUT2D eigenvalue weighted by Crippen LogP contribution is -2.17. The Morgan fingerprint density at radius 2 is 1.90 bits per heavy atom. The van der Waals surface area contributed by atoms with Crippen LogP contribution in [0.3, 0.4) is 0 Å². The van der Waals surface area contributed by atoms with Crippen molar-refractivity contribution in [2.45, 2.75) is 32.2 Å². The summed E-state index contributed by atoms with van der Waals surface area (Å²) >= 11 is 1.45. The van der Waals surface area contributed by atoms with Gasteiger partial charge in [-0.05, 0) is 55.1 Å². The van der Waals surface area contributed by atoms with E-state index in [4.69, 9.17) is 0 Å². The molecule has 0 aliphatic rings. The normalized spacial score (nSPS) is 11.6. The minimum Gasteiger partial charge on any atom is -0.312 e. The van der Waals surface area contributed by atoms with Crippen LogP contribution >= 0.6 is 11.3 Å². The first kappa shape index (κ1) is 16.0. The maximum atomic E-state index is 12.5. The predicted molar refractivity (Wildman–Crippen MR) is 88.4 cm³/mol. The molecule has 2 rings (SSSR count). The van der Waals surface area contributed by atoms with Gasteiger partial charge in [-0.2, -0.15) is 0 Å². The third-order valence-corrected chi connectivity index (χ3v) is 5.80. The zero-order valence-corrected chi connectivity index (χ0v) is 14.1. The third-order valence-electron chi connectivity index (χ3n) is 3.29. The molecule has 114 valence electrons. The highest BCUT2D eigenvalue weighted by Crippen LogP contribution is 2.25. The van der Waals surface area contributed by atoms with Crippen molar-refractivity contribution in [2.75, 3.05) is 11.3 Å². The Morgan fingerprint density at radius 1 is 1.14 bits per heavy atom. The summed E-state index contributed by atoms with van der Waals surface area (Å²) in [7, 11) is -3.54. The first-order valence-electron chi connectivity index (χ1n) is 6.81. The molecule has 0 aliphatic carbocycles. The molecule has 2 aromatic rings. The van der Waals surface area contributed by atoms with Gasteiger partial charge < -0.3 is 5.32 Å². The number of hydrogen-bond acceptors (Lipinski definition) is 4. The quantitative estimate of drug-likeness (QED) is 0.857. The first-order chi connectivity index (χ1) is 9.94.